The monoisotopic (exact) mass is 278 g/mol. The molecule has 3 aromatic rings. The van der Waals surface area contributed by atoms with Crippen molar-refractivity contribution in [3.63, 3.8) is 0 Å². The molecule has 1 N–H and O–H groups in total. The summed E-state index contributed by atoms with van der Waals surface area (Å²) in [6.45, 7) is 1.72. The molecule has 2 aromatic carbocycles. The molecule has 104 valence electrons. The summed E-state index contributed by atoms with van der Waals surface area (Å²) in [5, 5.41) is 13.2. The van der Waals surface area contributed by atoms with E-state index in [1.54, 1.807) is 13.1 Å². The predicted octanol–water partition coefficient (Wildman–Crippen LogP) is 4.23. The summed E-state index contributed by atoms with van der Waals surface area (Å²) in [4.78, 5) is 4.37. The predicted molar refractivity (Wildman–Crippen MR) is 82.3 cm³/mol. The summed E-state index contributed by atoms with van der Waals surface area (Å²) in [7, 11) is 0. The summed E-state index contributed by atoms with van der Waals surface area (Å²) in [6.07, 6.45) is 1.69. The Kier molecular flexibility index (Phi) is 3.51. The number of oxime groups is 1. The summed E-state index contributed by atoms with van der Waals surface area (Å²) < 4.78 is 5.89. The smallest absolute Gasteiger partial charge is 0.146 e. The van der Waals surface area contributed by atoms with Gasteiger partial charge in [0, 0.05) is 10.9 Å². The highest BCUT2D eigenvalue weighted by molar-refractivity contribution is 6.00. The molecule has 0 aliphatic rings. The highest BCUT2D eigenvalue weighted by Crippen LogP contribution is 2.27. The summed E-state index contributed by atoms with van der Waals surface area (Å²) in [6, 6.07) is 17.2. The fraction of sp³-hybridized carbons (Fsp3) is 0.0588. The Labute approximate surface area is 122 Å². The third kappa shape index (κ3) is 2.69. The molecule has 0 atom stereocenters. The molecule has 1 heterocycles. The highest BCUT2D eigenvalue weighted by atomic mass is 16.5. The van der Waals surface area contributed by atoms with Crippen molar-refractivity contribution in [1.29, 1.82) is 0 Å². The van der Waals surface area contributed by atoms with Crippen molar-refractivity contribution in [3.05, 3.63) is 66.4 Å². The van der Waals surface area contributed by atoms with E-state index in [0.29, 0.717) is 17.2 Å². The third-order valence-electron chi connectivity index (χ3n) is 3.22. The van der Waals surface area contributed by atoms with Gasteiger partial charge in [-0.25, -0.2) is 0 Å². The first-order valence-electron chi connectivity index (χ1n) is 6.58. The SMILES string of the molecule is C/C(=N\O)c1ccccc1Oc1cnc2ccccc2c1. The first-order valence-corrected chi connectivity index (χ1v) is 6.58. The van der Waals surface area contributed by atoms with Crippen LogP contribution < -0.4 is 4.74 Å². The maximum absolute atomic E-state index is 8.94. The Hall–Kier alpha value is -2.88. The molecule has 0 spiro atoms. The molecule has 0 radical (unpaired) electrons. The van der Waals surface area contributed by atoms with Crippen LogP contribution in [-0.4, -0.2) is 15.9 Å². The Morgan fingerprint density at radius 3 is 2.71 bits per heavy atom. The van der Waals surface area contributed by atoms with Crippen LogP contribution in [0.25, 0.3) is 10.9 Å². The lowest BCUT2D eigenvalue weighted by molar-refractivity contribution is 0.319. The van der Waals surface area contributed by atoms with Gasteiger partial charge in [0.2, 0.25) is 0 Å². The first kappa shape index (κ1) is 13.1. The van der Waals surface area contributed by atoms with Gasteiger partial charge in [-0.2, -0.15) is 0 Å². The van der Waals surface area contributed by atoms with E-state index in [0.717, 1.165) is 16.5 Å². The normalized spacial score (nSPS) is 11.6. The zero-order valence-corrected chi connectivity index (χ0v) is 11.5. The molecule has 4 nitrogen and oxygen atoms in total. The molecular formula is C17H14N2O2. The average molecular weight is 278 g/mol. The van der Waals surface area contributed by atoms with Gasteiger partial charge in [0.15, 0.2) is 0 Å². The van der Waals surface area contributed by atoms with Crippen molar-refractivity contribution in [2.75, 3.05) is 0 Å². The molecule has 4 heteroatoms. The van der Waals surface area contributed by atoms with Crippen molar-refractivity contribution < 1.29 is 9.94 Å². The molecule has 0 fully saturated rings. The zero-order valence-electron chi connectivity index (χ0n) is 11.5. The molecule has 0 saturated carbocycles. The minimum absolute atomic E-state index is 0.499. The third-order valence-corrected chi connectivity index (χ3v) is 3.22. The fourth-order valence-electron chi connectivity index (χ4n) is 2.14. The summed E-state index contributed by atoms with van der Waals surface area (Å²) in [5.74, 6) is 1.27. The fourth-order valence-corrected chi connectivity index (χ4v) is 2.14. The Balaban J connectivity index is 1.99. The van der Waals surface area contributed by atoms with Gasteiger partial charge < -0.3 is 9.94 Å². The van der Waals surface area contributed by atoms with E-state index < -0.39 is 0 Å². The molecule has 0 amide bonds. The van der Waals surface area contributed by atoms with E-state index in [1.807, 2.05) is 54.6 Å². The quantitative estimate of drug-likeness (QED) is 0.443. The first-order chi connectivity index (χ1) is 10.3. The molecular weight excluding hydrogens is 264 g/mol. The van der Waals surface area contributed by atoms with Crippen LogP contribution in [0.1, 0.15) is 12.5 Å². The van der Waals surface area contributed by atoms with Gasteiger partial charge in [-0.1, -0.05) is 35.5 Å². The standard InChI is InChI=1S/C17H14N2O2/c1-12(19-20)15-7-3-5-9-17(15)21-14-10-13-6-2-4-8-16(13)18-11-14/h2-11,20H,1H3/b19-12+. The van der Waals surface area contributed by atoms with Gasteiger partial charge in [-0.3, -0.25) is 4.98 Å². The van der Waals surface area contributed by atoms with E-state index in [9.17, 15) is 0 Å². The van der Waals surface area contributed by atoms with E-state index in [2.05, 4.69) is 10.1 Å². The minimum Gasteiger partial charge on any atom is -0.455 e. The number of nitrogens with zero attached hydrogens (tertiary/aromatic N) is 2. The number of para-hydroxylation sites is 2. The largest absolute Gasteiger partial charge is 0.455 e. The second-order valence-electron chi connectivity index (χ2n) is 4.65. The second kappa shape index (κ2) is 5.63. The van der Waals surface area contributed by atoms with Gasteiger partial charge >= 0.3 is 0 Å². The summed E-state index contributed by atoms with van der Waals surface area (Å²) in [5.41, 5.74) is 2.17. The van der Waals surface area contributed by atoms with Gasteiger partial charge in [-0.15, -0.1) is 0 Å². The average Bonchev–Trinajstić information content (AvgIpc) is 2.54. The zero-order chi connectivity index (χ0) is 14.7. The Morgan fingerprint density at radius 1 is 1.10 bits per heavy atom. The molecule has 21 heavy (non-hydrogen) atoms. The van der Waals surface area contributed by atoms with E-state index >= 15 is 0 Å². The van der Waals surface area contributed by atoms with E-state index in [1.165, 1.54) is 0 Å². The molecule has 0 aliphatic heterocycles. The van der Waals surface area contributed by atoms with Crippen LogP contribution >= 0.6 is 0 Å². The van der Waals surface area contributed by atoms with Gasteiger partial charge in [-0.05, 0) is 31.2 Å². The second-order valence-corrected chi connectivity index (χ2v) is 4.65. The van der Waals surface area contributed by atoms with Crippen molar-refractivity contribution in [1.82, 2.24) is 4.98 Å². The number of hydrogen-bond acceptors (Lipinski definition) is 4. The van der Waals surface area contributed by atoms with Crippen LogP contribution in [0.5, 0.6) is 11.5 Å². The van der Waals surface area contributed by atoms with Crippen molar-refractivity contribution in [2.45, 2.75) is 6.92 Å². The van der Waals surface area contributed by atoms with Crippen LogP contribution in [0.15, 0.2) is 65.9 Å². The maximum Gasteiger partial charge on any atom is 0.146 e. The number of hydrogen-bond donors (Lipinski definition) is 1. The Morgan fingerprint density at radius 2 is 1.86 bits per heavy atom. The topological polar surface area (TPSA) is 54.7 Å². The Bertz CT molecular complexity index is 813. The van der Waals surface area contributed by atoms with Crippen molar-refractivity contribution in [2.24, 2.45) is 5.16 Å². The number of fused-ring (bicyclic) bond motifs is 1. The number of rotatable bonds is 3. The highest BCUT2D eigenvalue weighted by Gasteiger charge is 2.08. The lowest BCUT2D eigenvalue weighted by Crippen LogP contribution is -1.98. The van der Waals surface area contributed by atoms with Crippen LogP contribution in [-0.2, 0) is 0 Å². The van der Waals surface area contributed by atoms with E-state index in [-0.39, 0.29) is 0 Å². The van der Waals surface area contributed by atoms with E-state index in [4.69, 9.17) is 9.94 Å². The number of ether oxygens (including phenoxy) is 1. The molecule has 1 aromatic heterocycles. The molecule has 3 rings (SSSR count). The number of pyridine rings is 1. The molecule has 0 bridgehead atoms. The summed E-state index contributed by atoms with van der Waals surface area (Å²) >= 11 is 0. The van der Waals surface area contributed by atoms with Crippen molar-refractivity contribution >= 4 is 16.6 Å². The van der Waals surface area contributed by atoms with Crippen LogP contribution in [0, 0.1) is 0 Å². The van der Waals surface area contributed by atoms with Gasteiger partial charge in [0.05, 0.1) is 17.4 Å². The molecule has 0 saturated heterocycles. The van der Waals surface area contributed by atoms with Crippen LogP contribution in [0.2, 0.25) is 0 Å². The molecule has 0 aliphatic carbocycles. The lowest BCUT2D eigenvalue weighted by Gasteiger charge is -2.10. The van der Waals surface area contributed by atoms with Gasteiger partial charge in [0.25, 0.3) is 0 Å². The van der Waals surface area contributed by atoms with Crippen LogP contribution in [0.3, 0.4) is 0 Å². The van der Waals surface area contributed by atoms with Gasteiger partial charge in [0.1, 0.15) is 11.5 Å². The van der Waals surface area contributed by atoms with Crippen molar-refractivity contribution in [3.8, 4) is 11.5 Å². The number of aromatic nitrogens is 1. The number of benzene rings is 2. The van der Waals surface area contributed by atoms with Crippen LogP contribution in [0.4, 0.5) is 0 Å². The lowest BCUT2D eigenvalue weighted by atomic mass is 10.1. The maximum atomic E-state index is 8.94. The molecule has 0 unspecified atom stereocenters. The minimum atomic E-state index is 0.499.